The number of likely N-dealkylation sites (N-methyl/N-ethyl adjacent to an activating group) is 1. The topological polar surface area (TPSA) is 61.3 Å². The number of halogens is 4. The fraction of sp³-hybridized carbons (Fsp3) is 0.444. The van der Waals surface area contributed by atoms with Crippen LogP contribution < -0.4 is 5.32 Å². The number of aryl methyl sites for hydroxylation is 1. The third kappa shape index (κ3) is 4.47. The number of phenols is 1. The second-order valence-electron chi connectivity index (χ2n) is 6.88. The molecule has 0 amide bonds. The maximum Gasteiger partial charge on any atom is 0.416 e. The SMILES string of the molecule is Cc1cc(C(F)(F)F)cc(O)c1-c1ccc(N[C@H]2C[C@@H](F)CN(C)C2)nn1. The van der Waals surface area contributed by atoms with Crippen molar-refractivity contribution in [3.8, 4) is 17.0 Å². The lowest BCUT2D eigenvalue weighted by Gasteiger charge is -2.32. The first kappa shape index (κ1) is 19.3. The zero-order valence-electron chi connectivity index (χ0n) is 14.9. The Morgan fingerprint density at radius 1 is 1.19 bits per heavy atom. The Kier molecular flexibility index (Phi) is 5.23. The van der Waals surface area contributed by atoms with Crippen LogP contribution >= 0.6 is 0 Å². The molecule has 0 spiro atoms. The number of nitrogens with zero attached hydrogens (tertiary/aromatic N) is 3. The van der Waals surface area contributed by atoms with Crippen LogP contribution in [-0.2, 0) is 6.18 Å². The molecule has 1 aliphatic rings. The fourth-order valence-electron chi connectivity index (χ4n) is 3.37. The van der Waals surface area contributed by atoms with Crippen LogP contribution in [0.5, 0.6) is 5.75 Å². The van der Waals surface area contributed by atoms with Crippen molar-refractivity contribution in [2.24, 2.45) is 0 Å². The first-order valence-electron chi connectivity index (χ1n) is 8.47. The Hall–Kier alpha value is -2.42. The molecule has 1 fully saturated rings. The highest BCUT2D eigenvalue weighted by molar-refractivity contribution is 5.71. The highest BCUT2D eigenvalue weighted by Gasteiger charge is 2.32. The summed E-state index contributed by atoms with van der Waals surface area (Å²) in [4.78, 5) is 1.89. The van der Waals surface area contributed by atoms with Crippen LogP contribution in [0.3, 0.4) is 0 Å². The molecule has 2 N–H and O–H groups in total. The molecule has 1 aliphatic heterocycles. The van der Waals surface area contributed by atoms with Crippen LogP contribution in [0.25, 0.3) is 11.3 Å². The Morgan fingerprint density at radius 2 is 1.93 bits per heavy atom. The van der Waals surface area contributed by atoms with Gasteiger partial charge in [-0.3, -0.25) is 0 Å². The molecule has 2 aromatic rings. The number of hydrogen-bond donors (Lipinski definition) is 2. The van der Waals surface area contributed by atoms with E-state index in [1.165, 1.54) is 6.92 Å². The van der Waals surface area contributed by atoms with Crippen LogP contribution in [0, 0.1) is 6.92 Å². The number of piperidine rings is 1. The highest BCUT2D eigenvalue weighted by atomic mass is 19.4. The molecule has 2 heterocycles. The molecule has 5 nitrogen and oxygen atoms in total. The van der Waals surface area contributed by atoms with Gasteiger partial charge in [0.15, 0.2) is 0 Å². The number of nitrogens with one attached hydrogen (secondary N) is 1. The summed E-state index contributed by atoms with van der Waals surface area (Å²) >= 11 is 0. The van der Waals surface area contributed by atoms with Gasteiger partial charge in [0.25, 0.3) is 0 Å². The number of phenolic OH excluding ortho intramolecular Hbond substituents is 1. The normalized spacial score (nSPS) is 21.3. The first-order valence-corrected chi connectivity index (χ1v) is 8.47. The molecule has 1 aromatic heterocycles. The monoisotopic (exact) mass is 384 g/mol. The van der Waals surface area contributed by atoms with Gasteiger partial charge in [0.05, 0.1) is 11.3 Å². The molecule has 0 radical (unpaired) electrons. The standard InChI is InChI=1S/C18H20F4N4O/c1-10-5-11(18(20,21)22)6-15(27)17(10)14-3-4-16(25-24-14)23-13-7-12(19)8-26(2)9-13/h3-6,12-13,27H,7-9H2,1-2H3,(H,23,25)/t12-,13+/m1/s1. The average Bonchev–Trinajstić information content (AvgIpc) is 2.54. The van der Waals surface area contributed by atoms with E-state index < -0.39 is 23.7 Å². The minimum absolute atomic E-state index is 0.111. The molecule has 27 heavy (non-hydrogen) atoms. The van der Waals surface area contributed by atoms with E-state index >= 15 is 0 Å². The van der Waals surface area contributed by atoms with E-state index in [0.717, 1.165) is 6.07 Å². The molecule has 0 bridgehead atoms. The van der Waals surface area contributed by atoms with Gasteiger partial charge in [0.2, 0.25) is 0 Å². The molecule has 2 atom stereocenters. The van der Waals surface area contributed by atoms with E-state index in [-0.39, 0.29) is 22.9 Å². The number of likely N-dealkylation sites (tertiary alicyclic amines) is 1. The maximum absolute atomic E-state index is 13.7. The van der Waals surface area contributed by atoms with Crippen molar-refractivity contribution in [1.82, 2.24) is 15.1 Å². The molecule has 9 heteroatoms. The van der Waals surface area contributed by atoms with Crippen molar-refractivity contribution in [1.29, 1.82) is 0 Å². The van der Waals surface area contributed by atoms with Gasteiger partial charge < -0.3 is 15.3 Å². The summed E-state index contributed by atoms with van der Waals surface area (Å²) in [5, 5.41) is 21.2. The minimum Gasteiger partial charge on any atom is -0.507 e. The van der Waals surface area contributed by atoms with Gasteiger partial charge in [0, 0.05) is 31.1 Å². The van der Waals surface area contributed by atoms with E-state index in [0.29, 0.717) is 31.4 Å². The summed E-state index contributed by atoms with van der Waals surface area (Å²) in [6.07, 6.45) is -5.09. The molecule has 0 saturated carbocycles. The largest absolute Gasteiger partial charge is 0.507 e. The Bertz CT molecular complexity index is 777. The van der Waals surface area contributed by atoms with Crippen LogP contribution in [0.15, 0.2) is 24.3 Å². The summed E-state index contributed by atoms with van der Waals surface area (Å²) in [5.41, 5.74) is -0.224. The minimum atomic E-state index is -4.54. The molecule has 3 rings (SSSR count). The fourth-order valence-corrected chi connectivity index (χ4v) is 3.37. The second-order valence-corrected chi connectivity index (χ2v) is 6.88. The van der Waals surface area contributed by atoms with Crippen molar-refractivity contribution in [3.63, 3.8) is 0 Å². The summed E-state index contributed by atoms with van der Waals surface area (Å²) in [6.45, 7) is 2.54. The molecule has 146 valence electrons. The van der Waals surface area contributed by atoms with Gasteiger partial charge in [0.1, 0.15) is 17.7 Å². The number of aromatic nitrogens is 2. The molecular formula is C18H20F4N4O. The number of hydrogen-bond acceptors (Lipinski definition) is 5. The summed E-state index contributed by atoms with van der Waals surface area (Å²) in [5.74, 6) is -0.0678. The van der Waals surface area contributed by atoms with Crippen molar-refractivity contribution in [3.05, 3.63) is 35.4 Å². The van der Waals surface area contributed by atoms with Crippen LogP contribution in [0.2, 0.25) is 0 Å². The van der Waals surface area contributed by atoms with Crippen molar-refractivity contribution >= 4 is 5.82 Å². The highest BCUT2D eigenvalue weighted by Crippen LogP contribution is 2.38. The van der Waals surface area contributed by atoms with Crippen LogP contribution in [0.1, 0.15) is 17.5 Å². The summed E-state index contributed by atoms with van der Waals surface area (Å²) in [6, 6.07) is 4.70. The van der Waals surface area contributed by atoms with E-state index in [9.17, 15) is 22.7 Å². The van der Waals surface area contributed by atoms with Gasteiger partial charge in [-0.15, -0.1) is 10.2 Å². The zero-order chi connectivity index (χ0) is 19.8. The number of rotatable bonds is 3. The van der Waals surface area contributed by atoms with Crippen molar-refractivity contribution in [2.75, 3.05) is 25.5 Å². The maximum atomic E-state index is 13.7. The molecule has 0 unspecified atom stereocenters. The third-order valence-corrected chi connectivity index (χ3v) is 4.50. The van der Waals surface area contributed by atoms with Gasteiger partial charge in [-0.1, -0.05) is 0 Å². The Labute approximate surface area is 154 Å². The second kappa shape index (κ2) is 7.30. The lowest BCUT2D eigenvalue weighted by Crippen LogP contribution is -2.45. The lowest BCUT2D eigenvalue weighted by atomic mass is 10.0. The van der Waals surface area contributed by atoms with Crippen LogP contribution in [0.4, 0.5) is 23.4 Å². The van der Waals surface area contributed by atoms with Crippen LogP contribution in [-0.4, -0.2) is 52.6 Å². The quantitative estimate of drug-likeness (QED) is 0.792. The number of aromatic hydroxyl groups is 1. The van der Waals surface area contributed by atoms with E-state index in [4.69, 9.17) is 0 Å². The van der Waals surface area contributed by atoms with Gasteiger partial charge in [-0.05, 0) is 43.8 Å². The average molecular weight is 384 g/mol. The zero-order valence-corrected chi connectivity index (χ0v) is 14.9. The summed E-state index contributed by atoms with van der Waals surface area (Å²) < 4.78 is 52.2. The molecular weight excluding hydrogens is 364 g/mol. The van der Waals surface area contributed by atoms with Crippen molar-refractivity contribution < 1.29 is 22.7 Å². The molecule has 1 saturated heterocycles. The lowest BCUT2D eigenvalue weighted by molar-refractivity contribution is -0.137. The van der Waals surface area contributed by atoms with E-state index in [1.807, 2.05) is 11.9 Å². The van der Waals surface area contributed by atoms with Crippen molar-refractivity contribution in [2.45, 2.75) is 31.7 Å². The van der Waals surface area contributed by atoms with Gasteiger partial charge in [-0.25, -0.2) is 4.39 Å². The first-order chi connectivity index (χ1) is 12.6. The molecule has 0 aliphatic carbocycles. The van der Waals surface area contributed by atoms with Gasteiger partial charge in [-0.2, -0.15) is 13.2 Å². The Morgan fingerprint density at radius 3 is 2.48 bits per heavy atom. The number of benzene rings is 1. The number of anilines is 1. The van der Waals surface area contributed by atoms with Gasteiger partial charge >= 0.3 is 6.18 Å². The third-order valence-electron chi connectivity index (χ3n) is 4.50. The Balaban J connectivity index is 1.79. The number of alkyl halides is 4. The molecule has 1 aromatic carbocycles. The predicted molar refractivity (Wildman–Crippen MR) is 93.3 cm³/mol. The smallest absolute Gasteiger partial charge is 0.416 e. The van der Waals surface area contributed by atoms with E-state index in [1.54, 1.807) is 12.1 Å². The van der Waals surface area contributed by atoms with E-state index in [2.05, 4.69) is 15.5 Å². The predicted octanol–water partition coefficient (Wildman–Crippen LogP) is 3.63. The summed E-state index contributed by atoms with van der Waals surface area (Å²) in [7, 11) is 1.84.